The number of ketones is 1. The van der Waals surface area contributed by atoms with E-state index in [2.05, 4.69) is 44.1 Å². The normalized spacial score (nSPS) is 10.8. The maximum atomic E-state index is 11.6. The van der Waals surface area contributed by atoms with Crippen molar-refractivity contribution in [3.63, 3.8) is 0 Å². The maximum absolute atomic E-state index is 11.6. The number of benzene rings is 2. The van der Waals surface area contributed by atoms with Crippen LogP contribution in [0, 0.1) is 0 Å². The highest BCUT2D eigenvalue weighted by Crippen LogP contribution is 2.28. The largest absolute Gasteiger partial charge is 0.505 e. The molecule has 4 aromatic rings. The van der Waals surface area contributed by atoms with Crippen LogP contribution in [0.5, 0.6) is 5.75 Å². The maximum Gasteiger partial charge on any atom is 0.163 e. The molecule has 0 fully saturated rings. The van der Waals surface area contributed by atoms with E-state index < -0.39 is 0 Å². The monoisotopic (exact) mass is 404 g/mol. The van der Waals surface area contributed by atoms with E-state index in [1.807, 2.05) is 11.7 Å². The van der Waals surface area contributed by atoms with Gasteiger partial charge in [-0.15, -0.1) is 11.3 Å². The van der Waals surface area contributed by atoms with Crippen LogP contribution >= 0.6 is 11.3 Å². The Morgan fingerprint density at radius 2 is 1.97 bits per heavy atom. The van der Waals surface area contributed by atoms with Gasteiger partial charge in [0.05, 0.1) is 40.2 Å². The van der Waals surface area contributed by atoms with E-state index >= 15 is 0 Å². The van der Waals surface area contributed by atoms with Crippen LogP contribution in [0.15, 0.2) is 66.7 Å². The zero-order valence-corrected chi connectivity index (χ0v) is 16.7. The van der Waals surface area contributed by atoms with Gasteiger partial charge in [0, 0.05) is 18.9 Å². The van der Waals surface area contributed by atoms with Gasteiger partial charge in [-0.3, -0.25) is 9.78 Å². The van der Waals surface area contributed by atoms with Gasteiger partial charge in [0.25, 0.3) is 0 Å². The zero-order chi connectivity index (χ0) is 20.2. The molecule has 146 valence electrons. The average Bonchev–Trinajstić information content (AvgIpc) is 3.40. The Hall–Kier alpha value is -3.45. The Morgan fingerprint density at radius 1 is 1.14 bits per heavy atom. The molecule has 2 N–H and O–H groups in total. The number of carbonyl (C=O) groups is 1. The van der Waals surface area contributed by atoms with Crippen LogP contribution in [-0.2, 0) is 13.1 Å². The molecule has 0 aliphatic carbocycles. The minimum Gasteiger partial charge on any atom is -0.505 e. The van der Waals surface area contributed by atoms with Crippen molar-refractivity contribution in [2.24, 2.45) is 0 Å². The van der Waals surface area contributed by atoms with E-state index in [9.17, 15) is 9.90 Å². The quantitative estimate of drug-likeness (QED) is 0.348. The summed E-state index contributed by atoms with van der Waals surface area (Å²) >= 11 is 1.62. The molecule has 0 bridgehead atoms. The van der Waals surface area contributed by atoms with Crippen molar-refractivity contribution < 1.29 is 9.90 Å². The van der Waals surface area contributed by atoms with E-state index in [4.69, 9.17) is 0 Å². The Bertz CT molecular complexity index is 1120. The number of nitrogens with one attached hydrogen (secondary N) is 1. The lowest BCUT2D eigenvalue weighted by Crippen LogP contribution is -2.08. The summed E-state index contributed by atoms with van der Waals surface area (Å²) in [7, 11) is 0. The molecule has 4 rings (SSSR count). The molecule has 0 saturated heterocycles. The SMILES string of the molecule is CC(=O)c1cccc(NCc2cncn2Cc2ccc(-c3cncs3)cc2)c1O. The standard InChI is InChI=1S/C22H20N4O2S/c1-15(27)19-3-2-4-20(22(19)28)25-10-18-9-23-13-26(18)12-16-5-7-17(8-6-16)21-11-24-14-29-21/h2-9,11,13-14,25,28H,10,12H2,1H3. The third-order valence-electron chi connectivity index (χ3n) is 4.70. The number of anilines is 1. The van der Waals surface area contributed by atoms with Crippen LogP contribution in [0.4, 0.5) is 5.69 Å². The second-order valence-corrected chi connectivity index (χ2v) is 7.57. The van der Waals surface area contributed by atoms with E-state index in [1.54, 1.807) is 42.1 Å². The number of imidazole rings is 1. The van der Waals surface area contributed by atoms with Crippen molar-refractivity contribution in [1.82, 2.24) is 14.5 Å². The van der Waals surface area contributed by atoms with Crippen LogP contribution in [0.1, 0.15) is 28.5 Å². The number of carbonyl (C=O) groups excluding carboxylic acids is 1. The smallest absolute Gasteiger partial charge is 0.163 e. The number of hydrogen-bond acceptors (Lipinski definition) is 6. The van der Waals surface area contributed by atoms with Gasteiger partial charge in [0.15, 0.2) is 5.78 Å². The first kappa shape index (κ1) is 18.9. The number of rotatable bonds is 7. The van der Waals surface area contributed by atoms with Crippen LogP contribution in [0.2, 0.25) is 0 Å². The highest BCUT2D eigenvalue weighted by molar-refractivity contribution is 7.13. The molecule has 0 amide bonds. The van der Waals surface area contributed by atoms with E-state index in [0.717, 1.165) is 16.1 Å². The molecule has 0 spiro atoms. The summed E-state index contributed by atoms with van der Waals surface area (Å²) < 4.78 is 2.06. The molecule has 2 aromatic carbocycles. The number of nitrogens with zero attached hydrogens (tertiary/aromatic N) is 3. The molecule has 0 aliphatic rings. The second-order valence-electron chi connectivity index (χ2n) is 6.69. The lowest BCUT2D eigenvalue weighted by atomic mass is 10.1. The lowest BCUT2D eigenvalue weighted by Gasteiger charge is -2.13. The molecule has 0 atom stereocenters. The van der Waals surface area contributed by atoms with Gasteiger partial charge in [-0.1, -0.05) is 30.3 Å². The molecule has 0 aliphatic heterocycles. The summed E-state index contributed by atoms with van der Waals surface area (Å²) in [5, 5.41) is 13.5. The number of aromatic nitrogens is 3. The molecule has 7 heteroatoms. The van der Waals surface area contributed by atoms with Crippen molar-refractivity contribution in [3.05, 3.63) is 83.5 Å². The molecule has 0 radical (unpaired) electrons. The molecule has 6 nitrogen and oxygen atoms in total. The fourth-order valence-electron chi connectivity index (χ4n) is 3.12. The van der Waals surface area contributed by atoms with Gasteiger partial charge in [0.2, 0.25) is 0 Å². The first-order valence-corrected chi connectivity index (χ1v) is 10.0. The summed E-state index contributed by atoms with van der Waals surface area (Å²) in [6.45, 7) is 2.61. The van der Waals surface area contributed by atoms with Gasteiger partial charge < -0.3 is 15.0 Å². The van der Waals surface area contributed by atoms with Gasteiger partial charge in [0.1, 0.15) is 5.75 Å². The number of phenols is 1. The van der Waals surface area contributed by atoms with Crippen molar-refractivity contribution in [1.29, 1.82) is 0 Å². The van der Waals surface area contributed by atoms with Gasteiger partial charge in [-0.2, -0.15) is 0 Å². The molecular weight excluding hydrogens is 384 g/mol. The minimum atomic E-state index is -0.169. The number of phenolic OH excluding ortho intramolecular Hbond substituents is 1. The molecule has 2 aromatic heterocycles. The fraction of sp³-hybridized carbons (Fsp3) is 0.136. The van der Waals surface area contributed by atoms with Crippen LogP contribution in [-0.4, -0.2) is 25.4 Å². The average molecular weight is 404 g/mol. The predicted molar refractivity (Wildman–Crippen MR) is 114 cm³/mol. The lowest BCUT2D eigenvalue weighted by molar-refractivity contribution is 0.101. The number of thiazole rings is 1. The first-order valence-electron chi connectivity index (χ1n) is 9.15. The van der Waals surface area contributed by atoms with Crippen molar-refractivity contribution >= 4 is 22.8 Å². The Kier molecular flexibility index (Phi) is 5.39. The van der Waals surface area contributed by atoms with Crippen LogP contribution in [0.3, 0.4) is 0 Å². The van der Waals surface area contributed by atoms with Gasteiger partial charge >= 0.3 is 0 Å². The number of Topliss-reactive ketones (excluding diaryl/α,β-unsaturated/α-hetero) is 1. The third-order valence-corrected chi connectivity index (χ3v) is 5.52. The summed E-state index contributed by atoms with van der Waals surface area (Å²) in [6, 6.07) is 13.5. The molecule has 2 heterocycles. The van der Waals surface area contributed by atoms with Crippen molar-refractivity contribution in [2.75, 3.05) is 5.32 Å². The Labute approximate surface area is 172 Å². The summed E-state index contributed by atoms with van der Waals surface area (Å²) in [5.41, 5.74) is 5.97. The topological polar surface area (TPSA) is 80.0 Å². The van der Waals surface area contributed by atoms with E-state index in [1.165, 1.54) is 12.5 Å². The third kappa shape index (κ3) is 4.20. The predicted octanol–water partition coefficient (Wildman–Crippen LogP) is 4.58. The van der Waals surface area contributed by atoms with Crippen LogP contribution < -0.4 is 5.32 Å². The fourth-order valence-corrected chi connectivity index (χ4v) is 3.75. The van der Waals surface area contributed by atoms with Gasteiger partial charge in [-0.25, -0.2) is 4.98 Å². The summed E-state index contributed by atoms with van der Waals surface area (Å²) in [6.07, 6.45) is 5.46. The number of aromatic hydroxyl groups is 1. The highest BCUT2D eigenvalue weighted by atomic mass is 32.1. The Balaban J connectivity index is 1.45. The first-order chi connectivity index (χ1) is 14.1. The van der Waals surface area contributed by atoms with E-state index in [-0.39, 0.29) is 11.5 Å². The molecule has 0 unspecified atom stereocenters. The van der Waals surface area contributed by atoms with Crippen molar-refractivity contribution in [2.45, 2.75) is 20.0 Å². The van der Waals surface area contributed by atoms with Crippen molar-refractivity contribution in [3.8, 4) is 16.2 Å². The second kappa shape index (κ2) is 8.28. The van der Waals surface area contributed by atoms with Gasteiger partial charge in [-0.05, 0) is 30.2 Å². The number of para-hydroxylation sites is 1. The minimum absolute atomic E-state index is 0.0234. The Morgan fingerprint density at radius 3 is 2.69 bits per heavy atom. The summed E-state index contributed by atoms with van der Waals surface area (Å²) in [4.78, 5) is 21.1. The highest BCUT2D eigenvalue weighted by Gasteiger charge is 2.11. The van der Waals surface area contributed by atoms with Crippen LogP contribution in [0.25, 0.3) is 10.4 Å². The molecule has 0 saturated carbocycles. The molecular formula is C22H20N4O2S. The summed E-state index contributed by atoms with van der Waals surface area (Å²) in [5.74, 6) is -0.192. The number of hydrogen-bond donors (Lipinski definition) is 2. The molecule has 29 heavy (non-hydrogen) atoms. The zero-order valence-electron chi connectivity index (χ0n) is 15.9. The van der Waals surface area contributed by atoms with E-state index in [0.29, 0.717) is 24.3 Å².